The molecule has 0 aliphatic heterocycles. The predicted octanol–water partition coefficient (Wildman–Crippen LogP) is 4.33. The Hall–Kier alpha value is -3.15. The molecule has 158 valence electrons. The average Bonchev–Trinajstić information content (AvgIpc) is 3.26. The van der Waals surface area contributed by atoms with E-state index in [4.69, 9.17) is 0 Å². The van der Waals surface area contributed by atoms with E-state index in [0.29, 0.717) is 24.2 Å². The van der Waals surface area contributed by atoms with E-state index < -0.39 is 0 Å². The Balaban J connectivity index is 1.60. The van der Waals surface area contributed by atoms with Crippen molar-refractivity contribution in [3.05, 3.63) is 70.3 Å². The van der Waals surface area contributed by atoms with Gasteiger partial charge in [-0.3, -0.25) is 9.59 Å². The molecule has 30 heavy (non-hydrogen) atoms. The predicted molar refractivity (Wildman–Crippen MR) is 118 cm³/mol. The highest BCUT2D eigenvalue weighted by molar-refractivity contribution is 6.02. The number of hydrogen-bond donors (Lipinski definition) is 2. The number of benzene rings is 1. The van der Waals surface area contributed by atoms with Gasteiger partial charge in [-0.2, -0.15) is 5.10 Å². The van der Waals surface area contributed by atoms with E-state index in [0.717, 1.165) is 41.9 Å². The number of nitrogens with one attached hydrogen (secondary N) is 2. The van der Waals surface area contributed by atoms with E-state index in [1.165, 1.54) is 5.56 Å². The molecule has 0 aliphatic rings. The minimum atomic E-state index is -0.147. The normalized spacial score (nSPS) is 10.9. The second kappa shape index (κ2) is 9.57. The van der Waals surface area contributed by atoms with Gasteiger partial charge in [-0.05, 0) is 63.3 Å². The van der Waals surface area contributed by atoms with Crippen molar-refractivity contribution < 1.29 is 9.59 Å². The summed E-state index contributed by atoms with van der Waals surface area (Å²) >= 11 is 0. The van der Waals surface area contributed by atoms with Crippen molar-refractivity contribution in [3.8, 4) is 5.69 Å². The molecule has 2 heterocycles. The van der Waals surface area contributed by atoms with Crippen LogP contribution in [0.4, 0.5) is 0 Å². The van der Waals surface area contributed by atoms with Crippen LogP contribution in [0.5, 0.6) is 0 Å². The molecule has 6 nitrogen and oxygen atoms in total. The van der Waals surface area contributed by atoms with Crippen molar-refractivity contribution in [1.82, 2.24) is 20.1 Å². The zero-order valence-corrected chi connectivity index (χ0v) is 18.2. The molecule has 0 unspecified atom stereocenters. The lowest BCUT2D eigenvalue weighted by atomic mass is 10.0. The first-order valence-electron chi connectivity index (χ1n) is 10.5. The largest absolute Gasteiger partial charge is 0.354 e. The lowest BCUT2D eigenvalue weighted by Crippen LogP contribution is -2.26. The first-order chi connectivity index (χ1) is 14.4. The van der Waals surface area contributed by atoms with Crippen LogP contribution >= 0.6 is 0 Å². The number of H-pyrrole nitrogens is 1. The Bertz CT molecular complexity index is 1030. The van der Waals surface area contributed by atoms with Gasteiger partial charge in [0.05, 0.1) is 11.4 Å². The average molecular weight is 407 g/mol. The third-order valence-corrected chi connectivity index (χ3v) is 5.30. The molecule has 1 amide bonds. The fraction of sp³-hybridized carbons (Fsp3) is 0.375. The van der Waals surface area contributed by atoms with Crippen molar-refractivity contribution in [2.24, 2.45) is 0 Å². The number of aromatic nitrogens is 3. The summed E-state index contributed by atoms with van der Waals surface area (Å²) in [5.74, 6) is -0.150. The van der Waals surface area contributed by atoms with Crippen molar-refractivity contribution >= 4 is 11.7 Å². The standard InChI is InChI=1S/C24H30N4O2/c1-5-10-21-22(18(4)29)17(3)26-23(21)24(30)25-14-9-11-19-15-28(27-16(19)2)20-12-7-6-8-13-20/h6-8,12-13,15,26H,5,9-11,14H2,1-4H3,(H,25,30). The maximum Gasteiger partial charge on any atom is 0.268 e. The van der Waals surface area contributed by atoms with E-state index in [9.17, 15) is 9.59 Å². The third kappa shape index (κ3) is 4.70. The van der Waals surface area contributed by atoms with Crippen LogP contribution in [-0.2, 0) is 12.8 Å². The number of amides is 1. The summed E-state index contributed by atoms with van der Waals surface area (Å²) in [6, 6.07) is 10.0. The van der Waals surface area contributed by atoms with Gasteiger partial charge in [0.15, 0.2) is 5.78 Å². The van der Waals surface area contributed by atoms with Crippen molar-refractivity contribution in [1.29, 1.82) is 0 Å². The van der Waals surface area contributed by atoms with Crippen LogP contribution in [0.3, 0.4) is 0 Å². The molecule has 0 aliphatic carbocycles. The van der Waals surface area contributed by atoms with Crippen LogP contribution in [0.1, 0.15) is 70.1 Å². The maximum atomic E-state index is 12.7. The smallest absolute Gasteiger partial charge is 0.268 e. The van der Waals surface area contributed by atoms with Crippen LogP contribution < -0.4 is 5.32 Å². The Morgan fingerprint density at radius 3 is 2.53 bits per heavy atom. The van der Waals surface area contributed by atoms with E-state index in [2.05, 4.69) is 21.6 Å². The molecular weight excluding hydrogens is 376 g/mol. The molecule has 0 spiro atoms. The summed E-state index contributed by atoms with van der Waals surface area (Å²) < 4.78 is 1.89. The van der Waals surface area contributed by atoms with Gasteiger partial charge >= 0.3 is 0 Å². The molecule has 0 radical (unpaired) electrons. The van der Waals surface area contributed by atoms with Crippen molar-refractivity contribution in [2.45, 2.75) is 53.4 Å². The third-order valence-electron chi connectivity index (χ3n) is 5.30. The highest BCUT2D eigenvalue weighted by Crippen LogP contribution is 2.21. The highest BCUT2D eigenvalue weighted by atomic mass is 16.2. The molecule has 0 saturated carbocycles. The molecule has 0 bridgehead atoms. The van der Waals surface area contributed by atoms with Crippen molar-refractivity contribution in [3.63, 3.8) is 0 Å². The van der Waals surface area contributed by atoms with Crippen LogP contribution in [-0.4, -0.2) is 33.0 Å². The minimum Gasteiger partial charge on any atom is -0.354 e. The van der Waals surface area contributed by atoms with Crippen molar-refractivity contribution in [2.75, 3.05) is 6.54 Å². The Kier molecular flexibility index (Phi) is 6.87. The summed E-state index contributed by atoms with van der Waals surface area (Å²) in [7, 11) is 0. The maximum absolute atomic E-state index is 12.7. The first kappa shape index (κ1) is 21.6. The quantitative estimate of drug-likeness (QED) is 0.410. The lowest BCUT2D eigenvalue weighted by Gasteiger charge is -2.07. The molecule has 3 rings (SSSR count). The Labute approximate surface area is 177 Å². The SMILES string of the molecule is CCCc1c(C(=O)NCCCc2cn(-c3ccccc3)nc2C)[nH]c(C)c1C(C)=O. The molecule has 0 fully saturated rings. The number of Topliss-reactive ketones (excluding diaryl/α,β-unsaturated/α-hetero) is 1. The lowest BCUT2D eigenvalue weighted by molar-refractivity contribution is 0.0947. The topological polar surface area (TPSA) is 79.8 Å². The van der Waals surface area contributed by atoms with Gasteiger partial charge in [0, 0.05) is 24.0 Å². The van der Waals surface area contributed by atoms with Gasteiger partial charge in [0.2, 0.25) is 0 Å². The number of para-hydroxylation sites is 1. The number of ketones is 1. The minimum absolute atomic E-state index is 0.00264. The van der Waals surface area contributed by atoms with Gasteiger partial charge in [-0.15, -0.1) is 0 Å². The van der Waals surface area contributed by atoms with Gasteiger partial charge < -0.3 is 10.3 Å². The summed E-state index contributed by atoms with van der Waals surface area (Å²) in [5.41, 5.74) is 5.99. The van der Waals surface area contributed by atoms with E-state index in [1.807, 2.05) is 55.8 Å². The number of aromatic amines is 1. The molecule has 2 N–H and O–H groups in total. The fourth-order valence-electron chi connectivity index (χ4n) is 3.87. The second-order valence-corrected chi connectivity index (χ2v) is 7.66. The summed E-state index contributed by atoms with van der Waals surface area (Å²) in [4.78, 5) is 27.8. The monoisotopic (exact) mass is 406 g/mol. The second-order valence-electron chi connectivity index (χ2n) is 7.66. The number of aryl methyl sites for hydroxylation is 3. The van der Waals surface area contributed by atoms with E-state index >= 15 is 0 Å². The first-order valence-corrected chi connectivity index (χ1v) is 10.5. The zero-order chi connectivity index (χ0) is 21.7. The fourth-order valence-corrected chi connectivity index (χ4v) is 3.87. The van der Waals surface area contributed by atoms with Gasteiger partial charge in [-0.1, -0.05) is 31.5 Å². The van der Waals surface area contributed by atoms with Crippen LogP contribution in [0, 0.1) is 13.8 Å². The zero-order valence-electron chi connectivity index (χ0n) is 18.2. The number of carbonyl (C=O) groups is 2. The molecule has 6 heteroatoms. The Morgan fingerprint density at radius 2 is 1.87 bits per heavy atom. The van der Waals surface area contributed by atoms with E-state index in [1.54, 1.807) is 6.92 Å². The molecule has 0 atom stereocenters. The number of carbonyl (C=O) groups excluding carboxylic acids is 2. The summed E-state index contributed by atoms with van der Waals surface area (Å²) in [6.07, 6.45) is 5.29. The molecular formula is C24H30N4O2. The van der Waals surface area contributed by atoms with E-state index in [-0.39, 0.29) is 11.7 Å². The molecule has 0 saturated heterocycles. The summed E-state index contributed by atoms with van der Waals surface area (Å²) in [6.45, 7) is 8.02. The number of rotatable bonds is 9. The molecule has 1 aromatic carbocycles. The van der Waals surface area contributed by atoms with Gasteiger partial charge in [-0.25, -0.2) is 4.68 Å². The number of hydrogen-bond acceptors (Lipinski definition) is 3. The van der Waals surface area contributed by atoms with Crippen LogP contribution in [0.15, 0.2) is 36.5 Å². The van der Waals surface area contributed by atoms with Crippen LogP contribution in [0.25, 0.3) is 5.69 Å². The number of nitrogens with zero attached hydrogens (tertiary/aromatic N) is 2. The molecule has 2 aromatic heterocycles. The molecule has 3 aromatic rings. The summed E-state index contributed by atoms with van der Waals surface area (Å²) in [5, 5.41) is 7.59. The van der Waals surface area contributed by atoms with Gasteiger partial charge in [0.1, 0.15) is 5.69 Å². The van der Waals surface area contributed by atoms with Crippen LogP contribution in [0.2, 0.25) is 0 Å². The Morgan fingerprint density at radius 1 is 1.13 bits per heavy atom. The van der Waals surface area contributed by atoms with Gasteiger partial charge in [0.25, 0.3) is 5.91 Å². The highest BCUT2D eigenvalue weighted by Gasteiger charge is 2.21.